The quantitative estimate of drug-likeness (QED) is 0.810. The van der Waals surface area contributed by atoms with E-state index in [4.69, 9.17) is 0 Å². The molecule has 0 atom stereocenters. The first-order chi connectivity index (χ1) is 8.16. The van der Waals surface area contributed by atoms with Gasteiger partial charge in [0.2, 0.25) is 0 Å². The van der Waals surface area contributed by atoms with Gasteiger partial charge in [0, 0.05) is 19.6 Å². The van der Waals surface area contributed by atoms with E-state index in [1.807, 2.05) is 32.0 Å². The molecule has 1 aromatic carbocycles. The second-order valence-corrected chi connectivity index (χ2v) is 6.22. The van der Waals surface area contributed by atoms with Crippen molar-refractivity contribution in [3.63, 3.8) is 0 Å². The van der Waals surface area contributed by atoms with Crippen LogP contribution in [0.1, 0.15) is 19.4 Å². The van der Waals surface area contributed by atoms with Crippen molar-refractivity contribution in [2.45, 2.75) is 20.4 Å². The van der Waals surface area contributed by atoms with E-state index >= 15 is 0 Å². The Labute approximate surface area is 104 Å². The first kappa shape index (κ1) is 14.2. The highest BCUT2D eigenvalue weighted by atomic mass is 32.2. The molecule has 3 nitrogen and oxygen atoms in total. The van der Waals surface area contributed by atoms with E-state index in [1.165, 1.54) is 5.56 Å². The van der Waals surface area contributed by atoms with Crippen molar-refractivity contribution in [2.75, 3.05) is 24.6 Å². The summed E-state index contributed by atoms with van der Waals surface area (Å²) in [6, 6.07) is 10.2. The lowest BCUT2D eigenvalue weighted by atomic mass is 10.2. The van der Waals surface area contributed by atoms with Crippen LogP contribution < -0.4 is 0 Å². The van der Waals surface area contributed by atoms with E-state index in [-0.39, 0.29) is 0 Å². The largest absolute Gasteiger partial charge is 0.297 e. The second-order valence-electron chi connectivity index (χ2n) is 3.91. The Morgan fingerprint density at radius 3 is 2.12 bits per heavy atom. The van der Waals surface area contributed by atoms with Gasteiger partial charge in [0.15, 0.2) is 9.84 Å². The zero-order chi connectivity index (χ0) is 12.7. The highest BCUT2D eigenvalue weighted by molar-refractivity contribution is 7.91. The molecule has 96 valence electrons. The van der Waals surface area contributed by atoms with Crippen molar-refractivity contribution < 1.29 is 8.42 Å². The summed E-state index contributed by atoms with van der Waals surface area (Å²) in [6.45, 7) is 6.19. The summed E-state index contributed by atoms with van der Waals surface area (Å²) in [7, 11) is -2.75. The monoisotopic (exact) mass is 255 g/mol. The van der Waals surface area contributed by atoms with Gasteiger partial charge < -0.3 is 0 Å². The predicted molar refractivity (Wildman–Crippen MR) is 71.7 cm³/mol. The van der Waals surface area contributed by atoms with Crippen LogP contribution in [0.2, 0.25) is 0 Å². The fourth-order valence-corrected chi connectivity index (χ4v) is 3.03. The summed E-state index contributed by atoms with van der Waals surface area (Å²) < 4.78 is 22.4. The third-order valence-electron chi connectivity index (χ3n) is 2.69. The highest BCUT2D eigenvalue weighted by Gasteiger charge is 2.21. The van der Waals surface area contributed by atoms with E-state index < -0.39 is 9.84 Å². The Morgan fingerprint density at radius 1 is 1.06 bits per heavy atom. The smallest absolute Gasteiger partial charge is 0.152 e. The van der Waals surface area contributed by atoms with Gasteiger partial charge in [-0.25, -0.2) is 8.42 Å². The van der Waals surface area contributed by atoms with Crippen LogP contribution in [0.25, 0.3) is 0 Å². The number of hydrogen-bond donors (Lipinski definition) is 0. The molecule has 0 spiro atoms. The maximum absolute atomic E-state index is 11.2. The summed E-state index contributed by atoms with van der Waals surface area (Å²) in [4.78, 5) is 2.19. The molecular formula is C13H21NO2S. The van der Waals surface area contributed by atoms with E-state index in [0.29, 0.717) is 24.6 Å². The van der Waals surface area contributed by atoms with Gasteiger partial charge in [-0.15, -0.1) is 0 Å². The molecule has 1 saturated heterocycles. The summed E-state index contributed by atoms with van der Waals surface area (Å²) in [5.41, 5.74) is 1.25. The lowest BCUT2D eigenvalue weighted by Gasteiger charge is -2.26. The molecule has 2 rings (SSSR count). The number of hydrogen-bond acceptors (Lipinski definition) is 3. The molecule has 1 aliphatic heterocycles. The molecule has 0 radical (unpaired) electrons. The first-order valence-electron chi connectivity index (χ1n) is 6.12. The predicted octanol–water partition coefficient (Wildman–Crippen LogP) is 1.94. The van der Waals surface area contributed by atoms with Crippen molar-refractivity contribution in [1.29, 1.82) is 0 Å². The molecule has 1 heterocycles. The van der Waals surface area contributed by atoms with Gasteiger partial charge in [0.05, 0.1) is 11.5 Å². The minimum absolute atomic E-state index is 0.305. The van der Waals surface area contributed by atoms with Crippen molar-refractivity contribution >= 4 is 9.84 Å². The summed E-state index contributed by atoms with van der Waals surface area (Å²) in [5, 5.41) is 0. The molecule has 1 fully saturated rings. The second kappa shape index (κ2) is 6.77. The molecular weight excluding hydrogens is 234 g/mol. The normalized spacial score (nSPS) is 19.2. The SMILES string of the molecule is CC.O=S1(=O)CCN(Cc2ccccc2)CC1. The van der Waals surface area contributed by atoms with Crippen LogP contribution in [0.15, 0.2) is 30.3 Å². The van der Waals surface area contributed by atoms with Gasteiger partial charge in [-0.3, -0.25) is 4.90 Å². The van der Waals surface area contributed by atoms with Gasteiger partial charge in [0.25, 0.3) is 0 Å². The fraction of sp³-hybridized carbons (Fsp3) is 0.538. The van der Waals surface area contributed by atoms with Crippen molar-refractivity contribution in [2.24, 2.45) is 0 Å². The molecule has 0 amide bonds. The van der Waals surface area contributed by atoms with Gasteiger partial charge in [0.1, 0.15) is 0 Å². The lowest BCUT2D eigenvalue weighted by Crippen LogP contribution is -2.39. The summed E-state index contributed by atoms with van der Waals surface area (Å²) >= 11 is 0. The van der Waals surface area contributed by atoms with E-state index in [2.05, 4.69) is 17.0 Å². The Kier molecular flexibility index (Phi) is 5.65. The maximum Gasteiger partial charge on any atom is 0.152 e. The molecule has 4 heteroatoms. The molecule has 0 unspecified atom stereocenters. The first-order valence-corrected chi connectivity index (χ1v) is 7.94. The average molecular weight is 255 g/mol. The topological polar surface area (TPSA) is 37.4 Å². The molecule has 0 aliphatic carbocycles. The van der Waals surface area contributed by atoms with Gasteiger partial charge in [-0.05, 0) is 5.56 Å². The van der Waals surface area contributed by atoms with Crippen LogP contribution >= 0.6 is 0 Å². The number of benzene rings is 1. The maximum atomic E-state index is 11.2. The minimum atomic E-state index is -2.75. The molecule has 0 bridgehead atoms. The average Bonchev–Trinajstić information content (AvgIpc) is 2.36. The molecule has 17 heavy (non-hydrogen) atoms. The van der Waals surface area contributed by atoms with Crippen LogP contribution in [0, 0.1) is 0 Å². The third kappa shape index (κ3) is 4.88. The van der Waals surface area contributed by atoms with Gasteiger partial charge in [-0.1, -0.05) is 44.2 Å². The van der Waals surface area contributed by atoms with Crippen LogP contribution in [0.4, 0.5) is 0 Å². The Hall–Kier alpha value is -0.870. The summed E-state index contributed by atoms with van der Waals surface area (Å²) in [5.74, 6) is 0.611. The Bertz CT molecular complexity index is 400. The molecule has 1 aliphatic rings. The van der Waals surface area contributed by atoms with Crippen LogP contribution in [0.5, 0.6) is 0 Å². The number of sulfone groups is 1. The molecule has 0 saturated carbocycles. The zero-order valence-corrected chi connectivity index (χ0v) is 11.4. The zero-order valence-electron chi connectivity index (χ0n) is 10.6. The van der Waals surface area contributed by atoms with E-state index in [1.54, 1.807) is 0 Å². The van der Waals surface area contributed by atoms with Crippen LogP contribution in [-0.2, 0) is 16.4 Å². The highest BCUT2D eigenvalue weighted by Crippen LogP contribution is 2.09. The van der Waals surface area contributed by atoms with Crippen LogP contribution in [-0.4, -0.2) is 37.9 Å². The van der Waals surface area contributed by atoms with Crippen molar-refractivity contribution in [1.82, 2.24) is 4.90 Å². The Balaban J connectivity index is 0.000000686. The van der Waals surface area contributed by atoms with Crippen molar-refractivity contribution in [3.05, 3.63) is 35.9 Å². The molecule has 0 aromatic heterocycles. The lowest BCUT2D eigenvalue weighted by molar-refractivity contribution is 0.287. The fourth-order valence-electron chi connectivity index (χ4n) is 1.75. The molecule has 1 aromatic rings. The molecule has 0 N–H and O–H groups in total. The summed E-state index contributed by atoms with van der Waals surface area (Å²) in [6.07, 6.45) is 0. The van der Waals surface area contributed by atoms with E-state index in [9.17, 15) is 8.42 Å². The number of rotatable bonds is 2. The Morgan fingerprint density at radius 2 is 1.59 bits per heavy atom. The third-order valence-corrected chi connectivity index (χ3v) is 4.30. The van der Waals surface area contributed by atoms with Crippen molar-refractivity contribution in [3.8, 4) is 0 Å². The minimum Gasteiger partial charge on any atom is -0.297 e. The number of nitrogens with zero attached hydrogens (tertiary/aromatic N) is 1. The van der Waals surface area contributed by atoms with Crippen LogP contribution in [0.3, 0.4) is 0 Å². The standard InChI is InChI=1S/C11H15NO2S.C2H6/c13-15(14)8-6-12(7-9-15)10-11-4-2-1-3-5-11;1-2/h1-5H,6-10H2;1-2H3. The van der Waals surface area contributed by atoms with Gasteiger partial charge in [-0.2, -0.15) is 0 Å². The van der Waals surface area contributed by atoms with Gasteiger partial charge >= 0.3 is 0 Å². The van der Waals surface area contributed by atoms with E-state index in [0.717, 1.165) is 6.54 Å².